The molecule has 2 aromatic rings. The highest BCUT2D eigenvalue weighted by molar-refractivity contribution is 6.40. The van der Waals surface area contributed by atoms with E-state index in [-0.39, 0.29) is 0 Å². The number of carbonyl (C=O) groups is 2. The SMILES string of the molecule is CCN(CC)CCNC(=O)C(=O)Nc1n[nH]c2nc(C)cc(C)c12. The molecule has 0 aliphatic heterocycles. The third-order valence-electron chi connectivity index (χ3n) is 3.90. The molecule has 24 heavy (non-hydrogen) atoms. The zero-order valence-corrected chi connectivity index (χ0v) is 14.6. The number of carbonyl (C=O) groups excluding carboxylic acids is 2. The highest BCUT2D eigenvalue weighted by Crippen LogP contribution is 2.23. The number of hydrogen-bond acceptors (Lipinski definition) is 5. The van der Waals surface area contributed by atoms with E-state index in [1.54, 1.807) is 0 Å². The fourth-order valence-electron chi connectivity index (χ4n) is 2.58. The van der Waals surface area contributed by atoms with Crippen LogP contribution in [-0.2, 0) is 9.59 Å². The summed E-state index contributed by atoms with van der Waals surface area (Å²) in [7, 11) is 0. The number of fused-ring (bicyclic) bond motifs is 1. The summed E-state index contributed by atoms with van der Waals surface area (Å²) in [5.41, 5.74) is 2.38. The molecule has 0 atom stereocenters. The number of aromatic nitrogens is 3. The molecule has 2 aromatic heterocycles. The molecule has 0 unspecified atom stereocenters. The molecule has 0 fully saturated rings. The number of aryl methyl sites for hydroxylation is 2. The predicted octanol–water partition coefficient (Wildman–Crippen LogP) is 0.971. The molecule has 0 saturated carbocycles. The van der Waals surface area contributed by atoms with Crippen LogP contribution in [0, 0.1) is 13.8 Å². The second-order valence-corrected chi connectivity index (χ2v) is 5.61. The van der Waals surface area contributed by atoms with Crippen molar-refractivity contribution in [1.82, 2.24) is 25.4 Å². The molecule has 0 saturated heterocycles. The fourth-order valence-corrected chi connectivity index (χ4v) is 2.58. The molecule has 0 bridgehead atoms. The van der Waals surface area contributed by atoms with Crippen LogP contribution in [0.1, 0.15) is 25.1 Å². The molecule has 2 rings (SSSR count). The number of amides is 2. The van der Waals surface area contributed by atoms with Crippen LogP contribution in [0.4, 0.5) is 5.82 Å². The quantitative estimate of drug-likeness (QED) is 0.684. The maximum atomic E-state index is 12.0. The summed E-state index contributed by atoms with van der Waals surface area (Å²) in [5.74, 6) is -1.09. The fraction of sp³-hybridized carbons (Fsp3) is 0.500. The largest absolute Gasteiger partial charge is 0.347 e. The number of hydrogen-bond donors (Lipinski definition) is 3. The summed E-state index contributed by atoms with van der Waals surface area (Å²) in [6, 6.07) is 1.90. The van der Waals surface area contributed by atoms with E-state index < -0.39 is 11.8 Å². The van der Waals surface area contributed by atoms with Gasteiger partial charge in [0.05, 0.1) is 5.39 Å². The molecule has 0 aromatic carbocycles. The van der Waals surface area contributed by atoms with Gasteiger partial charge in [-0.25, -0.2) is 4.98 Å². The van der Waals surface area contributed by atoms with E-state index in [2.05, 4.69) is 44.6 Å². The summed E-state index contributed by atoms with van der Waals surface area (Å²) in [6.45, 7) is 10.8. The standard InChI is InChI=1S/C16H24N6O2/c1-5-22(6-2)8-7-17-15(23)16(24)19-14-12-10(3)9-11(4)18-13(12)20-21-14/h9H,5-8H2,1-4H3,(H,17,23)(H2,18,19,20,21,24). The van der Waals surface area contributed by atoms with E-state index in [9.17, 15) is 9.59 Å². The van der Waals surface area contributed by atoms with Crippen LogP contribution in [-0.4, -0.2) is 58.1 Å². The summed E-state index contributed by atoms with van der Waals surface area (Å²) in [6.07, 6.45) is 0. The normalized spacial score (nSPS) is 11.0. The minimum atomic E-state index is -0.733. The first-order chi connectivity index (χ1) is 11.5. The minimum absolute atomic E-state index is 0.318. The first kappa shape index (κ1) is 17.9. The third kappa shape index (κ3) is 4.08. The summed E-state index contributed by atoms with van der Waals surface area (Å²) >= 11 is 0. The Morgan fingerprint density at radius 2 is 1.92 bits per heavy atom. The van der Waals surface area contributed by atoms with Crippen molar-refractivity contribution < 1.29 is 9.59 Å². The van der Waals surface area contributed by atoms with Crippen molar-refractivity contribution in [3.63, 3.8) is 0 Å². The van der Waals surface area contributed by atoms with Gasteiger partial charge in [0.25, 0.3) is 0 Å². The number of likely N-dealkylation sites (N-methyl/N-ethyl adjacent to an activating group) is 1. The number of nitrogens with one attached hydrogen (secondary N) is 3. The zero-order valence-electron chi connectivity index (χ0n) is 14.6. The van der Waals surface area contributed by atoms with Gasteiger partial charge in [0.2, 0.25) is 0 Å². The maximum Gasteiger partial charge on any atom is 0.314 e. The Morgan fingerprint density at radius 1 is 1.21 bits per heavy atom. The van der Waals surface area contributed by atoms with Gasteiger partial charge >= 0.3 is 11.8 Å². The molecule has 0 radical (unpaired) electrons. The Morgan fingerprint density at radius 3 is 2.58 bits per heavy atom. The van der Waals surface area contributed by atoms with Crippen LogP contribution in [0.25, 0.3) is 11.0 Å². The highest BCUT2D eigenvalue weighted by atomic mass is 16.2. The van der Waals surface area contributed by atoms with Crippen molar-refractivity contribution in [2.24, 2.45) is 0 Å². The molecule has 0 aliphatic rings. The number of rotatable bonds is 6. The average molecular weight is 332 g/mol. The zero-order chi connectivity index (χ0) is 17.7. The molecule has 0 spiro atoms. The van der Waals surface area contributed by atoms with Crippen molar-refractivity contribution in [3.8, 4) is 0 Å². The lowest BCUT2D eigenvalue weighted by atomic mass is 10.2. The van der Waals surface area contributed by atoms with Crippen LogP contribution in [0.2, 0.25) is 0 Å². The highest BCUT2D eigenvalue weighted by Gasteiger charge is 2.18. The van der Waals surface area contributed by atoms with Gasteiger partial charge in [-0.1, -0.05) is 13.8 Å². The number of nitrogens with zero attached hydrogens (tertiary/aromatic N) is 3. The number of aromatic amines is 1. The Hall–Kier alpha value is -2.48. The lowest BCUT2D eigenvalue weighted by molar-refractivity contribution is -0.136. The first-order valence-electron chi connectivity index (χ1n) is 8.10. The van der Waals surface area contributed by atoms with E-state index in [4.69, 9.17) is 0 Å². The summed E-state index contributed by atoms with van der Waals surface area (Å²) in [5, 5.41) is 12.7. The van der Waals surface area contributed by atoms with E-state index in [1.807, 2.05) is 19.9 Å². The van der Waals surface area contributed by atoms with Gasteiger partial charge in [0.15, 0.2) is 11.5 Å². The van der Waals surface area contributed by atoms with Crippen molar-refractivity contribution in [1.29, 1.82) is 0 Å². The van der Waals surface area contributed by atoms with Gasteiger partial charge in [0.1, 0.15) is 0 Å². The maximum absolute atomic E-state index is 12.0. The Bertz CT molecular complexity index is 735. The molecule has 0 aliphatic carbocycles. The van der Waals surface area contributed by atoms with Crippen molar-refractivity contribution in [2.75, 3.05) is 31.5 Å². The molecule has 8 heteroatoms. The van der Waals surface area contributed by atoms with Crippen molar-refractivity contribution in [3.05, 3.63) is 17.3 Å². The Balaban J connectivity index is 1.98. The molecule has 130 valence electrons. The summed E-state index contributed by atoms with van der Waals surface area (Å²) in [4.78, 5) is 30.4. The van der Waals surface area contributed by atoms with Gasteiger partial charge in [-0.2, -0.15) is 5.10 Å². The van der Waals surface area contributed by atoms with Gasteiger partial charge < -0.3 is 15.5 Å². The van der Waals surface area contributed by atoms with Crippen LogP contribution >= 0.6 is 0 Å². The lowest BCUT2D eigenvalue weighted by Gasteiger charge is -2.17. The molecular formula is C16H24N6O2. The average Bonchev–Trinajstić information content (AvgIpc) is 2.94. The van der Waals surface area contributed by atoms with E-state index in [1.165, 1.54) is 0 Å². The van der Waals surface area contributed by atoms with Gasteiger partial charge in [-0.15, -0.1) is 0 Å². The Kier molecular flexibility index (Phi) is 5.86. The van der Waals surface area contributed by atoms with Crippen LogP contribution in [0.5, 0.6) is 0 Å². The lowest BCUT2D eigenvalue weighted by Crippen LogP contribution is -2.40. The smallest absolute Gasteiger partial charge is 0.314 e. The van der Waals surface area contributed by atoms with E-state index in [0.717, 1.165) is 24.3 Å². The monoisotopic (exact) mass is 332 g/mol. The number of pyridine rings is 1. The van der Waals surface area contributed by atoms with Crippen LogP contribution in [0.15, 0.2) is 6.07 Å². The van der Waals surface area contributed by atoms with Crippen molar-refractivity contribution in [2.45, 2.75) is 27.7 Å². The molecule has 2 amide bonds. The third-order valence-corrected chi connectivity index (χ3v) is 3.90. The second kappa shape index (κ2) is 7.87. The molecule has 3 N–H and O–H groups in total. The summed E-state index contributed by atoms with van der Waals surface area (Å²) < 4.78 is 0. The predicted molar refractivity (Wildman–Crippen MR) is 92.8 cm³/mol. The van der Waals surface area contributed by atoms with Gasteiger partial charge in [0, 0.05) is 18.8 Å². The topological polar surface area (TPSA) is 103 Å². The van der Waals surface area contributed by atoms with E-state index >= 15 is 0 Å². The van der Waals surface area contributed by atoms with Crippen molar-refractivity contribution >= 4 is 28.7 Å². The van der Waals surface area contributed by atoms with Crippen LogP contribution < -0.4 is 10.6 Å². The van der Waals surface area contributed by atoms with Gasteiger partial charge in [-0.05, 0) is 38.6 Å². The van der Waals surface area contributed by atoms with E-state index in [0.29, 0.717) is 29.9 Å². The molecule has 2 heterocycles. The number of H-pyrrole nitrogens is 1. The van der Waals surface area contributed by atoms with Gasteiger partial charge in [-0.3, -0.25) is 14.7 Å². The Labute approximate surface area is 141 Å². The minimum Gasteiger partial charge on any atom is -0.347 e. The molecule has 8 nitrogen and oxygen atoms in total. The van der Waals surface area contributed by atoms with Crippen LogP contribution in [0.3, 0.4) is 0 Å². The molecular weight excluding hydrogens is 308 g/mol. The second-order valence-electron chi connectivity index (χ2n) is 5.61. The number of anilines is 1. The first-order valence-corrected chi connectivity index (χ1v) is 8.10.